The Balaban J connectivity index is 2.30. The largest absolute Gasteiger partial charge is 0.295 e. The average molecular weight is 206 g/mol. The molecule has 0 N–H and O–H groups in total. The van der Waals surface area contributed by atoms with Crippen molar-refractivity contribution in [1.29, 1.82) is 0 Å². The minimum Gasteiger partial charge on any atom is -0.295 e. The van der Waals surface area contributed by atoms with Gasteiger partial charge in [-0.25, -0.2) is 0 Å². The van der Waals surface area contributed by atoms with E-state index in [1.807, 2.05) is 6.08 Å². The number of carbonyl (C=O) groups excluding carboxylic acids is 1. The van der Waals surface area contributed by atoms with Crippen LogP contribution in [-0.2, 0) is 4.79 Å². The molecule has 1 spiro atoms. The molecule has 0 bridgehead atoms. The molecule has 1 nitrogen and oxygen atoms in total. The quantitative estimate of drug-likeness (QED) is 0.640. The van der Waals surface area contributed by atoms with Gasteiger partial charge in [-0.15, -0.1) is 0 Å². The number of ketones is 1. The summed E-state index contributed by atoms with van der Waals surface area (Å²) in [4.78, 5) is 11.3. The van der Waals surface area contributed by atoms with Crippen LogP contribution in [0.2, 0.25) is 0 Å². The first-order valence-corrected chi connectivity index (χ1v) is 6.28. The van der Waals surface area contributed by atoms with Crippen LogP contribution in [0, 0.1) is 23.2 Å². The molecule has 0 unspecified atom stereocenters. The fourth-order valence-corrected chi connectivity index (χ4v) is 3.76. The Kier molecular flexibility index (Phi) is 2.74. The number of hydrogen-bond donors (Lipinski definition) is 0. The number of hydrogen-bond acceptors (Lipinski definition) is 1. The Bertz CT molecular complexity index is 290. The first-order valence-electron chi connectivity index (χ1n) is 6.28. The van der Waals surface area contributed by atoms with Crippen molar-refractivity contribution in [1.82, 2.24) is 0 Å². The van der Waals surface area contributed by atoms with E-state index in [0.717, 1.165) is 30.6 Å². The molecule has 3 atom stereocenters. The van der Waals surface area contributed by atoms with E-state index >= 15 is 0 Å². The molecular formula is C14H22O. The third-order valence-electron chi connectivity index (χ3n) is 4.71. The summed E-state index contributed by atoms with van der Waals surface area (Å²) in [5, 5.41) is 0. The lowest BCUT2D eigenvalue weighted by atomic mass is 9.64. The smallest absolute Gasteiger partial charge is 0.155 e. The highest BCUT2D eigenvalue weighted by molar-refractivity contribution is 5.90. The topological polar surface area (TPSA) is 17.1 Å². The van der Waals surface area contributed by atoms with Crippen LogP contribution in [0.25, 0.3) is 0 Å². The van der Waals surface area contributed by atoms with Gasteiger partial charge in [-0.3, -0.25) is 4.79 Å². The second-order valence-corrected chi connectivity index (χ2v) is 5.74. The second kappa shape index (κ2) is 3.77. The molecule has 0 amide bonds. The van der Waals surface area contributed by atoms with Crippen molar-refractivity contribution in [2.75, 3.05) is 0 Å². The monoisotopic (exact) mass is 206 g/mol. The van der Waals surface area contributed by atoms with E-state index in [1.165, 1.54) is 12.8 Å². The van der Waals surface area contributed by atoms with Gasteiger partial charge in [0.25, 0.3) is 0 Å². The van der Waals surface area contributed by atoms with Crippen molar-refractivity contribution in [2.24, 2.45) is 23.2 Å². The lowest BCUT2D eigenvalue weighted by Crippen LogP contribution is -2.34. The fourth-order valence-electron chi connectivity index (χ4n) is 3.76. The Hall–Kier alpha value is -0.590. The summed E-state index contributed by atoms with van der Waals surface area (Å²) in [5.41, 5.74) is 0.349. The molecule has 1 fully saturated rings. The highest BCUT2D eigenvalue weighted by Gasteiger charge is 2.47. The lowest BCUT2D eigenvalue weighted by Gasteiger charge is -2.40. The van der Waals surface area contributed by atoms with Crippen molar-refractivity contribution in [3.05, 3.63) is 12.2 Å². The van der Waals surface area contributed by atoms with E-state index in [4.69, 9.17) is 0 Å². The minimum atomic E-state index is 0.322. The summed E-state index contributed by atoms with van der Waals surface area (Å²) in [6, 6.07) is 0. The maximum atomic E-state index is 11.3. The second-order valence-electron chi connectivity index (χ2n) is 5.74. The molecule has 0 aromatic carbocycles. The van der Waals surface area contributed by atoms with Crippen molar-refractivity contribution in [3.63, 3.8) is 0 Å². The van der Waals surface area contributed by atoms with Gasteiger partial charge in [0.05, 0.1) is 0 Å². The van der Waals surface area contributed by atoms with Gasteiger partial charge in [0.1, 0.15) is 0 Å². The third kappa shape index (κ3) is 1.66. The molecule has 0 aromatic heterocycles. The van der Waals surface area contributed by atoms with Crippen LogP contribution in [0.15, 0.2) is 12.2 Å². The Morgan fingerprint density at radius 1 is 1.40 bits per heavy atom. The van der Waals surface area contributed by atoms with Crippen LogP contribution in [0.4, 0.5) is 0 Å². The zero-order valence-corrected chi connectivity index (χ0v) is 10.1. The summed E-state index contributed by atoms with van der Waals surface area (Å²) >= 11 is 0. The molecular weight excluding hydrogens is 184 g/mol. The normalized spacial score (nSPS) is 40.7. The summed E-state index contributed by atoms with van der Waals surface area (Å²) in [7, 11) is 0. The number of rotatable bonds is 1. The standard InChI is InChI=1S/C14H22O/c1-10(2)13-5-4-11(3)14(13)8-6-12(15)7-9-14/h6,8,10-11,13H,4-5,7,9H2,1-3H3/t11-,13-,14+/m0/s1. The van der Waals surface area contributed by atoms with Crippen LogP contribution in [0.1, 0.15) is 46.5 Å². The van der Waals surface area contributed by atoms with Gasteiger partial charge in [0.2, 0.25) is 0 Å². The third-order valence-corrected chi connectivity index (χ3v) is 4.71. The maximum Gasteiger partial charge on any atom is 0.155 e. The van der Waals surface area contributed by atoms with Gasteiger partial charge >= 0.3 is 0 Å². The number of allylic oxidation sites excluding steroid dienone is 2. The van der Waals surface area contributed by atoms with E-state index < -0.39 is 0 Å². The van der Waals surface area contributed by atoms with Crippen LogP contribution < -0.4 is 0 Å². The maximum absolute atomic E-state index is 11.3. The molecule has 0 heterocycles. The molecule has 1 saturated carbocycles. The van der Waals surface area contributed by atoms with Crippen LogP contribution in [0.3, 0.4) is 0 Å². The molecule has 84 valence electrons. The highest BCUT2D eigenvalue weighted by Crippen LogP contribution is 2.55. The predicted octanol–water partition coefficient (Wildman–Crippen LogP) is 3.59. The summed E-state index contributed by atoms with van der Waals surface area (Å²) in [5.74, 6) is 2.61. The van der Waals surface area contributed by atoms with Crippen LogP contribution in [0.5, 0.6) is 0 Å². The molecule has 15 heavy (non-hydrogen) atoms. The molecule has 0 radical (unpaired) electrons. The molecule has 2 aliphatic rings. The zero-order chi connectivity index (χ0) is 11.1. The first-order chi connectivity index (χ1) is 7.06. The van der Waals surface area contributed by atoms with E-state index in [2.05, 4.69) is 26.8 Å². The first kappa shape index (κ1) is 10.9. The van der Waals surface area contributed by atoms with E-state index in [9.17, 15) is 4.79 Å². The number of carbonyl (C=O) groups is 1. The van der Waals surface area contributed by atoms with E-state index in [0.29, 0.717) is 11.2 Å². The summed E-state index contributed by atoms with van der Waals surface area (Å²) < 4.78 is 0. The van der Waals surface area contributed by atoms with Gasteiger partial charge in [-0.1, -0.05) is 26.8 Å². The van der Waals surface area contributed by atoms with Crippen molar-refractivity contribution < 1.29 is 4.79 Å². The molecule has 2 rings (SSSR count). The van der Waals surface area contributed by atoms with E-state index in [-0.39, 0.29) is 0 Å². The van der Waals surface area contributed by atoms with Gasteiger partial charge in [-0.2, -0.15) is 0 Å². The SMILES string of the molecule is CC(C)[C@@H]1CC[C@H](C)[C@]12C=CC(=O)CC2. The van der Waals surface area contributed by atoms with E-state index in [1.54, 1.807) is 0 Å². The Morgan fingerprint density at radius 3 is 2.67 bits per heavy atom. The zero-order valence-electron chi connectivity index (χ0n) is 10.1. The van der Waals surface area contributed by atoms with Gasteiger partial charge in [0.15, 0.2) is 5.78 Å². The van der Waals surface area contributed by atoms with Crippen molar-refractivity contribution in [3.8, 4) is 0 Å². The predicted molar refractivity (Wildman–Crippen MR) is 62.5 cm³/mol. The minimum absolute atomic E-state index is 0.322. The lowest BCUT2D eigenvalue weighted by molar-refractivity contribution is -0.116. The molecule has 0 aromatic rings. The fraction of sp³-hybridized carbons (Fsp3) is 0.786. The van der Waals surface area contributed by atoms with Gasteiger partial charge in [0, 0.05) is 6.42 Å². The summed E-state index contributed by atoms with van der Waals surface area (Å²) in [6.45, 7) is 7.02. The average Bonchev–Trinajstić information content (AvgIpc) is 2.50. The van der Waals surface area contributed by atoms with Gasteiger partial charge < -0.3 is 0 Å². The van der Waals surface area contributed by atoms with Crippen molar-refractivity contribution >= 4 is 5.78 Å². The van der Waals surface area contributed by atoms with Crippen LogP contribution in [-0.4, -0.2) is 5.78 Å². The molecule has 0 saturated heterocycles. The Labute approximate surface area is 92.9 Å². The Morgan fingerprint density at radius 2 is 2.13 bits per heavy atom. The van der Waals surface area contributed by atoms with Crippen LogP contribution >= 0.6 is 0 Å². The van der Waals surface area contributed by atoms with Gasteiger partial charge in [-0.05, 0) is 48.5 Å². The highest BCUT2D eigenvalue weighted by atomic mass is 16.1. The molecule has 1 heteroatoms. The molecule has 0 aliphatic heterocycles. The summed E-state index contributed by atoms with van der Waals surface area (Å²) in [6.07, 6.45) is 8.64. The van der Waals surface area contributed by atoms with Crippen molar-refractivity contribution in [2.45, 2.75) is 46.5 Å². The molecule has 2 aliphatic carbocycles.